The summed E-state index contributed by atoms with van der Waals surface area (Å²) in [6.45, 7) is 0.671. The van der Waals surface area contributed by atoms with Gasteiger partial charge in [-0.1, -0.05) is 12.1 Å². The van der Waals surface area contributed by atoms with Gasteiger partial charge in [-0.15, -0.1) is 0 Å². The highest BCUT2D eigenvalue weighted by atomic mass is 19.1. The molecule has 3 aromatic rings. The fourth-order valence-electron chi connectivity index (χ4n) is 2.85. The number of aromatic nitrogens is 2. The molecule has 1 aromatic heterocycles. The third kappa shape index (κ3) is 4.69. The van der Waals surface area contributed by atoms with Gasteiger partial charge in [-0.05, 0) is 17.7 Å². The van der Waals surface area contributed by atoms with Crippen LogP contribution in [0.1, 0.15) is 11.5 Å². The molecule has 0 aliphatic rings. The molecule has 8 nitrogen and oxygen atoms in total. The van der Waals surface area contributed by atoms with E-state index in [2.05, 4.69) is 20.0 Å². The van der Waals surface area contributed by atoms with Crippen LogP contribution in [0, 0.1) is 5.82 Å². The maximum absolute atomic E-state index is 14.7. The minimum Gasteiger partial charge on any atom is -0.491 e. The van der Waals surface area contributed by atoms with E-state index in [4.69, 9.17) is 9.47 Å². The molecule has 0 spiro atoms. The Morgan fingerprint density at radius 2 is 1.93 bits per heavy atom. The Bertz CT molecular complexity index is 1040. The van der Waals surface area contributed by atoms with Gasteiger partial charge in [0.2, 0.25) is 0 Å². The number of methoxy groups -OCH3 is 2. The van der Waals surface area contributed by atoms with Crippen LogP contribution in [0.15, 0.2) is 42.7 Å². The first-order valence-electron chi connectivity index (χ1n) is 9.03. The van der Waals surface area contributed by atoms with E-state index >= 15 is 0 Å². The molecule has 0 radical (unpaired) electrons. The first-order valence-corrected chi connectivity index (χ1v) is 9.03. The van der Waals surface area contributed by atoms with Crippen LogP contribution in [-0.4, -0.2) is 49.7 Å². The Morgan fingerprint density at radius 3 is 2.60 bits per heavy atom. The second-order valence-corrected chi connectivity index (χ2v) is 6.25. The SMILES string of the molecule is COCCOc1cc(F)c2c(Nc3ccc(C(C=O)C(=O)OC)cc3)ncnc2c1. The second-order valence-electron chi connectivity index (χ2n) is 6.25. The zero-order chi connectivity index (χ0) is 21.5. The van der Waals surface area contributed by atoms with Crippen LogP contribution in [0.2, 0.25) is 0 Å². The highest BCUT2D eigenvalue weighted by molar-refractivity contribution is 5.94. The van der Waals surface area contributed by atoms with Crippen LogP contribution in [0.5, 0.6) is 5.75 Å². The lowest BCUT2D eigenvalue weighted by Crippen LogP contribution is -2.15. The fourth-order valence-corrected chi connectivity index (χ4v) is 2.85. The van der Waals surface area contributed by atoms with Crippen LogP contribution < -0.4 is 10.1 Å². The van der Waals surface area contributed by atoms with E-state index in [0.29, 0.717) is 35.4 Å². The lowest BCUT2D eigenvalue weighted by molar-refractivity contribution is -0.143. The summed E-state index contributed by atoms with van der Waals surface area (Å²) in [7, 11) is 2.77. The van der Waals surface area contributed by atoms with Gasteiger partial charge in [-0.25, -0.2) is 14.4 Å². The van der Waals surface area contributed by atoms with E-state index in [0.717, 1.165) is 0 Å². The summed E-state index contributed by atoms with van der Waals surface area (Å²) in [6.07, 6.45) is 1.84. The zero-order valence-corrected chi connectivity index (χ0v) is 16.4. The van der Waals surface area contributed by atoms with Gasteiger partial charge in [0, 0.05) is 24.9 Å². The first-order chi connectivity index (χ1) is 14.6. The molecule has 2 aromatic carbocycles. The molecule has 0 aliphatic carbocycles. The predicted octanol–water partition coefficient (Wildman–Crippen LogP) is 2.99. The minimum absolute atomic E-state index is 0.209. The largest absolute Gasteiger partial charge is 0.491 e. The minimum atomic E-state index is -1.00. The van der Waals surface area contributed by atoms with Gasteiger partial charge in [-0.3, -0.25) is 4.79 Å². The summed E-state index contributed by atoms with van der Waals surface area (Å²) in [6, 6.07) is 9.42. The molecule has 1 atom stereocenters. The molecule has 0 amide bonds. The average Bonchev–Trinajstić information content (AvgIpc) is 2.75. The van der Waals surface area contributed by atoms with Gasteiger partial charge in [0.1, 0.15) is 42.5 Å². The number of hydrogen-bond acceptors (Lipinski definition) is 8. The molecule has 0 saturated carbocycles. The number of carbonyl (C=O) groups excluding carboxylic acids is 2. The number of hydrogen-bond donors (Lipinski definition) is 1. The van der Waals surface area contributed by atoms with Crippen molar-refractivity contribution in [3.63, 3.8) is 0 Å². The summed E-state index contributed by atoms with van der Waals surface area (Å²) in [5.74, 6) is -1.57. The number of esters is 1. The summed E-state index contributed by atoms with van der Waals surface area (Å²) in [5.41, 5.74) is 1.45. The molecular formula is C21H20FN3O5. The van der Waals surface area contributed by atoms with E-state index in [1.54, 1.807) is 37.4 Å². The van der Waals surface area contributed by atoms with Crippen molar-refractivity contribution in [2.24, 2.45) is 0 Å². The molecule has 30 heavy (non-hydrogen) atoms. The topological polar surface area (TPSA) is 99.6 Å². The van der Waals surface area contributed by atoms with Crippen LogP contribution in [0.4, 0.5) is 15.9 Å². The molecule has 0 saturated heterocycles. The fraction of sp³-hybridized carbons (Fsp3) is 0.238. The molecule has 9 heteroatoms. The standard InChI is InChI=1S/C21H20FN3O5/c1-28-7-8-30-15-9-17(22)19-18(10-15)23-12-24-20(19)25-14-5-3-13(4-6-14)16(11-26)21(27)29-2/h3-6,9-12,16H,7-8H2,1-2H3,(H,23,24,25). The lowest BCUT2D eigenvalue weighted by Gasteiger charge is -2.12. The monoisotopic (exact) mass is 413 g/mol. The molecule has 1 heterocycles. The van der Waals surface area contributed by atoms with Crippen molar-refractivity contribution < 1.29 is 28.2 Å². The number of nitrogens with one attached hydrogen (secondary N) is 1. The molecule has 0 fully saturated rings. The van der Waals surface area contributed by atoms with E-state index in [9.17, 15) is 14.0 Å². The maximum Gasteiger partial charge on any atom is 0.320 e. The van der Waals surface area contributed by atoms with Crippen molar-refractivity contribution in [3.8, 4) is 5.75 Å². The number of aldehydes is 1. The van der Waals surface area contributed by atoms with Crippen molar-refractivity contribution in [1.82, 2.24) is 9.97 Å². The zero-order valence-electron chi connectivity index (χ0n) is 16.4. The third-order valence-corrected chi connectivity index (χ3v) is 4.34. The molecule has 156 valence electrons. The van der Waals surface area contributed by atoms with E-state index in [1.165, 1.54) is 19.5 Å². The molecular weight excluding hydrogens is 393 g/mol. The smallest absolute Gasteiger partial charge is 0.320 e. The Kier molecular flexibility index (Phi) is 6.87. The van der Waals surface area contributed by atoms with Gasteiger partial charge in [0.25, 0.3) is 0 Å². The van der Waals surface area contributed by atoms with Crippen LogP contribution in [0.3, 0.4) is 0 Å². The van der Waals surface area contributed by atoms with Gasteiger partial charge in [-0.2, -0.15) is 0 Å². The number of nitrogens with zero attached hydrogens (tertiary/aromatic N) is 2. The van der Waals surface area contributed by atoms with Crippen LogP contribution in [-0.2, 0) is 19.1 Å². The van der Waals surface area contributed by atoms with Crippen molar-refractivity contribution >= 4 is 34.7 Å². The van der Waals surface area contributed by atoms with Gasteiger partial charge >= 0.3 is 5.97 Å². The summed E-state index contributed by atoms with van der Waals surface area (Å²) >= 11 is 0. The Labute approximate surface area is 172 Å². The van der Waals surface area contributed by atoms with Crippen molar-refractivity contribution in [2.75, 3.05) is 32.8 Å². The summed E-state index contributed by atoms with van der Waals surface area (Å²) < 4.78 is 29.7. The molecule has 0 aliphatic heterocycles. The Balaban J connectivity index is 1.85. The predicted molar refractivity (Wildman–Crippen MR) is 107 cm³/mol. The van der Waals surface area contributed by atoms with Crippen LogP contribution in [0.25, 0.3) is 10.9 Å². The first kappa shape index (κ1) is 21.1. The number of halogens is 1. The normalized spacial score (nSPS) is 11.7. The number of ether oxygens (including phenoxy) is 3. The number of benzene rings is 2. The molecule has 0 bridgehead atoms. The van der Waals surface area contributed by atoms with Crippen molar-refractivity contribution in [2.45, 2.75) is 5.92 Å². The van der Waals surface area contributed by atoms with E-state index < -0.39 is 17.7 Å². The van der Waals surface area contributed by atoms with E-state index in [-0.39, 0.29) is 17.8 Å². The molecule has 1 N–H and O–H groups in total. The Hall–Kier alpha value is -3.59. The highest BCUT2D eigenvalue weighted by Crippen LogP contribution is 2.29. The third-order valence-electron chi connectivity index (χ3n) is 4.34. The molecule has 3 rings (SSSR count). The molecule has 1 unspecified atom stereocenters. The summed E-state index contributed by atoms with van der Waals surface area (Å²) in [4.78, 5) is 31.1. The second kappa shape index (κ2) is 9.75. The highest BCUT2D eigenvalue weighted by Gasteiger charge is 2.20. The Morgan fingerprint density at radius 1 is 1.17 bits per heavy atom. The number of fused-ring (bicyclic) bond motifs is 1. The number of rotatable bonds is 9. The number of carbonyl (C=O) groups is 2. The van der Waals surface area contributed by atoms with E-state index in [1.807, 2.05) is 0 Å². The van der Waals surface area contributed by atoms with Gasteiger partial charge < -0.3 is 24.3 Å². The van der Waals surface area contributed by atoms with Gasteiger partial charge in [0.05, 0.1) is 24.6 Å². The summed E-state index contributed by atoms with van der Waals surface area (Å²) in [5, 5.41) is 3.24. The quantitative estimate of drug-likeness (QED) is 0.247. The van der Waals surface area contributed by atoms with Crippen LogP contribution >= 0.6 is 0 Å². The lowest BCUT2D eigenvalue weighted by atomic mass is 10.0. The van der Waals surface area contributed by atoms with Gasteiger partial charge in [0.15, 0.2) is 0 Å². The average molecular weight is 413 g/mol. The number of anilines is 2. The van der Waals surface area contributed by atoms with Crippen molar-refractivity contribution in [3.05, 3.63) is 54.1 Å². The van der Waals surface area contributed by atoms with Crippen molar-refractivity contribution in [1.29, 1.82) is 0 Å². The maximum atomic E-state index is 14.7.